The van der Waals surface area contributed by atoms with Gasteiger partial charge in [0.25, 0.3) is 0 Å². The molecule has 0 N–H and O–H groups in total. The molecule has 2 rings (SSSR count). The molecule has 2 unspecified atom stereocenters. The minimum Gasteiger partial charge on any atom is -0.467 e. The normalized spacial score (nSPS) is 22.7. The standard InChI is InChI=1S/C18H21F2NO4/c1-3-9-18(16(19)20)10-11-21(14(18)15(22)24-2)17(23)25-12-13-7-5-4-6-8-13/h3-8,14,16H,1,9-12H2,2H3. The molecule has 2 atom stereocenters. The van der Waals surface area contributed by atoms with Crippen molar-refractivity contribution < 1.29 is 27.8 Å². The molecule has 1 fully saturated rings. The molecule has 25 heavy (non-hydrogen) atoms. The van der Waals surface area contributed by atoms with E-state index in [-0.39, 0.29) is 26.0 Å². The minimum absolute atomic E-state index is 0.00674. The molecule has 5 nitrogen and oxygen atoms in total. The highest BCUT2D eigenvalue weighted by atomic mass is 19.3. The van der Waals surface area contributed by atoms with E-state index in [1.165, 1.54) is 6.08 Å². The van der Waals surface area contributed by atoms with Crippen molar-refractivity contribution in [3.05, 3.63) is 48.6 Å². The van der Waals surface area contributed by atoms with Crippen LogP contribution in [0.25, 0.3) is 0 Å². The molecular weight excluding hydrogens is 332 g/mol. The van der Waals surface area contributed by atoms with Gasteiger partial charge in [0.1, 0.15) is 12.6 Å². The number of hydrogen-bond donors (Lipinski definition) is 0. The Morgan fingerprint density at radius 1 is 1.40 bits per heavy atom. The van der Waals surface area contributed by atoms with Crippen molar-refractivity contribution in [3.8, 4) is 0 Å². The van der Waals surface area contributed by atoms with Crippen LogP contribution in [-0.2, 0) is 20.9 Å². The Balaban J connectivity index is 2.19. The molecule has 0 spiro atoms. The molecule has 0 radical (unpaired) electrons. The summed E-state index contributed by atoms with van der Waals surface area (Å²) in [5.41, 5.74) is -0.948. The average Bonchev–Trinajstić information content (AvgIpc) is 3.01. The van der Waals surface area contributed by atoms with Crippen molar-refractivity contribution in [2.24, 2.45) is 5.41 Å². The van der Waals surface area contributed by atoms with E-state index >= 15 is 0 Å². The van der Waals surface area contributed by atoms with E-state index in [0.717, 1.165) is 17.6 Å². The second-order valence-corrected chi connectivity index (χ2v) is 5.94. The van der Waals surface area contributed by atoms with E-state index in [1.807, 2.05) is 6.07 Å². The molecule has 0 bridgehead atoms. The molecule has 0 saturated carbocycles. The SMILES string of the molecule is C=CCC1(C(F)F)CCN(C(=O)OCc2ccccc2)C1C(=O)OC. The fraction of sp³-hybridized carbons (Fsp3) is 0.444. The van der Waals surface area contributed by atoms with E-state index in [2.05, 4.69) is 11.3 Å². The quantitative estimate of drug-likeness (QED) is 0.581. The first-order valence-electron chi connectivity index (χ1n) is 7.90. The Bertz CT molecular complexity index is 623. The third-order valence-corrected chi connectivity index (χ3v) is 4.50. The van der Waals surface area contributed by atoms with Gasteiger partial charge < -0.3 is 9.47 Å². The summed E-state index contributed by atoms with van der Waals surface area (Å²) in [6.45, 7) is 3.48. The molecule has 7 heteroatoms. The van der Waals surface area contributed by atoms with Crippen molar-refractivity contribution in [1.29, 1.82) is 0 Å². The summed E-state index contributed by atoms with van der Waals surface area (Å²) in [5, 5.41) is 0. The van der Waals surface area contributed by atoms with E-state index in [1.54, 1.807) is 24.3 Å². The summed E-state index contributed by atoms with van der Waals surface area (Å²) >= 11 is 0. The van der Waals surface area contributed by atoms with E-state index < -0.39 is 29.9 Å². The number of halogens is 2. The second kappa shape index (κ2) is 8.09. The molecule has 1 saturated heterocycles. The number of allylic oxidation sites excluding steroid dienone is 1. The Morgan fingerprint density at radius 3 is 2.64 bits per heavy atom. The van der Waals surface area contributed by atoms with Crippen LogP contribution in [0, 0.1) is 5.41 Å². The van der Waals surface area contributed by atoms with Gasteiger partial charge in [-0.1, -0.05) is 36.4 Å². The zero-order chi connectivity index (χ0) is 18.4. The second-order valence-electron chi connectivity index (χ2n) is 5.94. The maximum absolute atomic E-state index is 13.8. The molecule has 1 amide bonds. The summed E-state index contributed by atoms with van der Waals surface area (Å²) < 4.78 is 37.4. The lowest BCUT2D eigenvalue weighted by Crippen LogP contribution is -2.51. The van der Waals surface area contributed by atoms with Crippen LogP contribution < -0.4 is 0 Å². The molecule has 1 aromatic carbocycles. The van der Waals surface area contributed by atoms with Crippen LogP contribution in [0.5, 0.6) is 0 Å². The fourth-order valence-electron chi connectivity index (χ4n) is 3.18. The Labute approximate surface area is 145 Å². The Hall–Kier alpha value is -2.44. The van der Waals surface area contributed by atoms with Crippen LogP contribution in [0.1, 0.15) is 18.4 Å². The predicted octanol–water partition coefficient (Wildman–Crippen LogP) is 3.40. The van der Waals surface area contributed by atoms with Gasteiger partial charge in [-0.2, -0.15) is 0 Å². The smallest absolute Gasteiger partial charge is 0.410 e. The van der Waals surface area contributed by atoms with Crippen LogP contribution in [0.3, 0.4) is 0 Å². The number of rotatable bonds is 6. The highest BCUT2D eigenvalue weighted by Crippen LogP contribution is 2.46. The first-order valence-corrected chi connectivity index (χ1v) is 7.90. The summed E-state index contributed by atoms with van der Waals surface area (Å²) in [5.74, 6) is -0.878. The zero-order valence-electron chi connectivity index (χ0n) is 14.0. The average molecular weight is 353 g/mol. The lowest BCUT2D eigenvalue weighted by atomic mass is 9.77. The molecule has 1 aliphatic rings. The fourth-order valence-corrected chi connectivity index (χ4v) is 3.18. The van der Waals surface area contributed by atoms with Gasteiger partial charge in [0.15, 0.2) is 0 Å². The highest BCUT2D eigenvalue weighted by molar-refractivity contribution is 5.83. The minimum atomic E-state index is -2.80. The van der Waals surface area contributed by atoms with Gasteiger partial charge in [0.2, 0.25) is 6.43 Å². The van der Waals surface area contributed by atoms with E-state index in [4.69, 9.17) is 4.74 Å². The number of alkyl halides is 2. The van der Waals surface area contributed by atoms with Crippen molar-refractivity contribution in [1.82, 2.24) is 4.90 Å². The van der Waals surface area contributed by atoms with Crippen LogP contribution >= 0.6 is 0 Å². The number of nitrogens with zero attached hydrogens (tertiary/aromatic N) is 1. The number of ether oxygens (including phenoxy) is 2. The zero-order valence-corrected chi connectivity index (χ0v) is 14.0. The number of esters is 1. The third-order valence-electron chi connectivity index (χ3n) is 4.50. The van der Waals surface area contributed by atoms with Crippen molar-refractivity contribution >= 4 is 12.1 Å². The molecule has 1 aromatic rings. The molecule has 0 aromatic heterocycles. The summed E-state index contributed by atoms with van der Waals surface area (Å²) in [6.07, 6.45) is -2.42. The maximum atomic E-state index is 13.8. The molecule has 1 heterocycles. The van der Waals surface area contributed by atoms with Gasteiger partial charge in [0.05, 0.1) is 12.5 Å². The molecule has 1 aliphatic heterocycles. The van der Waals surface area contributed by atoms with Gasteiger partial charge in [-0.05, 0) is 18.4 Å². The van der Waals surface area contributed by atoms with Crippen LogP contribution in [0.2, 0.25) is 0 Å². The summed E-state index contributed by atoms with van der Waals surface area (Å²) in [4.78, 5) is 25.6. The predicted molar refractivity (Wildman–Crippen MR) is 87.0 cm³/mol. The van der Waals surface area contributed by atoms with Gasteiger partial charge >= 0.3 is 12.1 Å². The van der Waals surface area contributed by atoms with Crippen molar-refractivity contribution in [3.63, 3.8) is 0 Å². The number of likely N-dealkylation sites (tertiary alicyclic amines) is 1. The molecular formula is C18H21F2NO4. The first-order chi connectivity index (χ1) is 12.0. The van der Waals surface area contributed by atoms with Crippen LogP contribution in [-0.4, -0.2) is 43.1 Å². The maximum Gasteiger partial charge on any atom is 0.410 e. The molecule has 0 aliphatic carbocycles. The first kappa shape index (κ1) is 18.9. The highest BCUT2D eigenvalue weighted by Gasteiger charge is 2.58. The number of carbonyl (C=O) groups excluding carboxylic acids is 2. The summed E-state index contributed by atoms with van der Waals surface area (Å²) in [7, 11) is 1.11. The van der Waals surface area contributed by atoms with E-state index in [0.29, 0.717) is 0 Å². The number of amides is 1. The van der Waals surface area contributed by atoms with Crippen LogP contribution in [0.4, 0.5) is 13.6 Å². The topological polar surface area (TPSA) is 55.8 Å². The van der Waals surface area contributed by atoms with E-state index in [9.17, 15) is 18.4 Å². The largest absolute Gasteiger partial charge is 0.467 e. The van der Waals surface area contributed by atoms with Crippen molar-refractivity contribution in [2.75, 3.05) is 13.7 Å². The van der Waals surface area contributed by atoms with Gasteiger partial charge in [0, 0.05) is 6.54 Å². The Kier molecular flexibility index (Phi) is 6.12. The number of hydrogen-bond acceptors (Lipinski definition) is 4. The lowest BCUT2D eigenvalue weighted by Gasteiger charge is -2.34. The summed E-state index contributed by atoms with van der Waals surface area (Å²) in [6, 6.07) is 7.56. The van der Waals surface area contributed by atoms with Crippen LogP contribution in [0.15, 0.2) is 43.0 Å². The lowest BCUT2D eigenvalue weighted by molar-refractivity contribution is -0.153. The number of methoxy groups -OCH3 is 1. The monoisotopic (exact) mass is 353 g/mol. The number of benzene rings is 1. The van der Waals surface area contributed by atoms with Gasteiger partial charge in [-0.15, -0.1) is 6.58 Å². The number of carbonyl (C=O) groups is 2. The third kappa shape index (κ3) is 3.81. The van der Waals surface area contributed by atoms with Gasteiger partial charge in [-0.3, -0.25) is 4.90 Å². The van der Waals surface area contributed by atoms with Crippen molar-refractivity contribution in [2.45, 2.75) is 31.9 Å². The Morgan fingerprint density at radius 2 is 2.08 bits per heavy atom. The molecule has 136 valence electrons. The van der Waals surface area contributed by atoms with Gasteiger partial charge in [-0.25, -0.2) is 18.4 Å².